The summed E-state index contributed by atoms with van der Waals surface area (Å²) in [6.07, 6.45) is 7.45. The van der Waals surface area contributed by atoms with Crippen LogP contribution in [0.25, 0.3) is 0 Å². The van der Waals surface area contributed by atoms with E-state index < -0.39 is 0 Å². The van der Waals surface area contributed by atoms with Crippen molar-refractivity contribution in [2.24, 2.45) is 0 Å². The molecular weight excluding hydrogens is 176 g/mol. The van der Waals surface area contributed by atoms with Gasteiger partial charge in [0.2, 0.25) is 0 Å². The first-order chi connectivity index (χ1) is 6.58. The smallest absolute Gasteiger partial charge is 0.166 e. The maximum Gasteiger partial charge on any atom is 0.166 e. The molecule has 0 spiro atoms. The zero-order chi connectivity index (χ0) is 10.2. The second-order valence-electron chi connectivity index (χ2n) is 5.15. The SMILES string of the molecule is CCCC[C@]1(C)O[C@]2(C)CCC[C@H]1O2. The average molecular weight is 198 g/mol. The Morgan fingerprint density at radius 1 is 1.36 bits per heavy atom. The summed E-state index contributed by atoms with van der Waals surface area (Å²) in [6.45, 7) is 6.55. The Balaban J connectivity index is 2.06. The molecule has 0 aliphatic carbocycles. The molecule has 0 aromatic rings. The van der Waals surface area contributed by atoms with Gasteiger partial charge in [0.25, 0.3) is 0 Å². The van der Waals surface area contributed by atoms with Gasteiger partial charge in [-0.3, -0.25) is 0 Å². The maximum absolute atomic E-state index is 6.14. The van der Waals surface area contributed by atoms with Crippen molar-refractivity contribution in [3.05, 3.63) is 0 Å². The van der Waals surface area contributed by atoms with Gasteiger partial charge in [0.15, 0.2) is 5.79 Å². The summed E-state index contributed by atoms with van der Waals surface area (Å²) in [5.74, 6) is -0.272. The first-order valence-corrected chi connectivity index (χ1v) is 5.96. The molecular formula is C12H22O2. The van der Waals surface area contributed by atoms with Gasteiger partial charge in [0, 0.05) is 6.42 Å². The number of hydrogen-bond acceptors (Lipinski definition) is 2. The third-order valence-corrected chi connectivity index (χ3v) is 3.65. The number of fused-ring (bicyclic) bond motifs is 2. The van der Waals surface area contributed by atoms with Crippen molar-refractivity contribution in [1.82, 2.24) is 0 Å². The Labute approximate surface area is 87.0 Å². The third kappa shape index (κ3) is 1.70. The summed E-state index contributed by atoms with van der Waals surface area (Å²) in [7, 11) is 0. The van der Waals surface area contributed by atoms with Crippen LogP contribution >= 0.6 is 0 Å². The molecule has 2 fully saturated rings. The van der Waals surface area contributed by atoms with Crippen molar-refractivity contribution in [2.45, 2.75) is 76.8 Å². The first-order valence-electron chi connectivity index (χ1n) is 5.96. The predicted octanol–water partition coefficient (Wildman–Crippen LogP) is 3.25. The van der Waals surface area contributed by atoms with Crippen LogP contribution in [0.3, 0.4) is 0 Å². The molecule has 0 radical (unpaired) electrons. The number of ether oxygens (including phenoxy) is 2. The van der Waals surface area contributed by atoms with Gasteiger partial charge < -0.3 is 9.47 Å². The van der Waals surface area contributed by atoms with E-state index in [0.717, 1.165) is 12.8 Å². The first kappa shape index (κ1) is 10.4. The minimum atomic E-state index is -0.272. The maximum atomic E-state index is 6.14. The van der Waals surface area contributed by atoms with Crippen LogP contribution in [0.2, 0.25) is 0 Å². The van der Waals surface area contributed by atoms with E-state index >= 15 is 0 Å². The molecule has 0 amide bonds. The van der Waals surface area contributed by atoms with Crippen LogP contribution in [0, 0.1) is 0 Å². The lowest BCUT2D eigenvalue weighted by molar-refractivity contribution is -0.188. The second kappa shape index (κ2) is 3.49. The van der Waals surface area contributed by atoms with E-state index in [0.29, 0.717) is 6.10 Å². The molecule has 2 rings (SSSR count). The fourth-order valence-electron chi connectivity index (χ4n) is 2.83. The van der Waals surface area contributed by atoms with Gasteiger partial charge >= 0.3 is 0 Å². The Morgan fingerprint density at radius 2 is 2.14 bits per heavy atom. The average Bonchev–Trinajstić information content (AvgIpc) is 2.30. The molecule has 0 N–H and O–H groups in total. The summed E-state index contributed by atoms with van der Waals surface area (Å²) < 4.78 is 12.1. The number of unbranched alkanes of at least 4 members (excludes halogenated alkanes) is 1. The second-order valence-corrected chi connectivity index (χ2v) is 5.15. The van der Waals surface area contributed by atoms with Crippen molar-refractivity contribution < 1.29 is 9.47 Å². The molecule has 2 aliphatic rings. The molecule has 82 valence electrons. The summed E-state index contributed by atoms with van der Waals surface area (Å²) in [5, 5.41) is 0. The molecule has 2 aliphatic heterocycles. The highest BCUT2D eigenvalue weighted by Gasteiger charge is 2.53. The van der Waals surface area contributed by atoms with Crippen molar-refractivity contribution in [1.29, 1.82) is 0 Å². The molecule has 14 heavy (non-hydrogen) atoms. The van der Waals surface area contributed by atoms with E-state index in [1.807, 2.05) is 0 Å². The van der Waals surface area contributed by atoms with E-state index in [1.165, 1.54) is 25.7 Å². The molecule has 0 saturated carbocycles. The minimum Gasteiger partial charge on any atom is -0.344 e. The molecule has 2 bridgehead atoms. The minimum absolute atomic E-state index is 0.0126. The monoisotopic (exact) mass is 198 g/mol. The number of hydrogen-bond donors (Lipinski definition) is 0. The van der Waals surface area contributed by atoms with Crippen molar-refractivity contribution in [3.8, 4) is 0 Å². The van der Waals surface area contributed by atoms with Crippen LogP contribution in [0.4, 0.5) is 0 Å². The standard InChI is InChI=1S/C12H22O2/c1-4-5-8-11(2)10-7-6-9-12(3,13-10)14-11/h10H,4-9H2,1-3H3/t10-,11+,12-/m1/s1. The van der Waals surface area contributed by atoms with Gasteiger partial charge in [-0.1, -0.05) is 19.8 Å². The Bertz CT molecular complexity index is 216. The predicted molar refractivity (Wildman–Crippen MR) is 56.1 cm³/mol. The lowest BCUT2D eigenvalue weighted by atomic mass is 9.89. The van der Waals surface area contributed by atoms with Gasteiger partial charge in [-0.05, 0) is 33.1 Å². The molecule has 0 aromatic heterocycles. The number of rotatable bonds is 3. The van der Waals surface area contributed by atoms with E-state index in [2.05, 4.69) is 20.8 Å². The van der Waals surface area contributed by atoms with Gasteiger partial charge in [-0.2, -0.15) is 0 Å². The topological polar surface area (TPSA) is 18.5 Å². The van der Waals surface area contributed by atoms with Crippen LogP contribution < -0.4 is 0 Å². The summed E-state index contributed by atoms with van der Waals surface area (Å²) >= 11 is 0. The zero-order valence-corrected chi connectivity index (χ0v) is 9.64. The summed E-state index contributed by atoms with van der Waals surface area (Å²) in [5.41, 5.74) is -0.0126. The van der Waals surface area contributed by atoms with E-state index in [1.54, 1.807) is 0 Å². The van der Waals surface area contributed by atoms with Crippen molar-refractivity contribution >= 4 is 0 Å². The largest absolute Gasteiger partial charge is 0.344 e. The molecule has 2 saturated heterocycles. The molecule has 2 heterocycles. The normalized spacial score (nSPS) is 46.9. The van der Waals surface area contributed by atoms with Crippen molar-refractivity contribution in [2.75, 3.05) is 0 Å². The Kier molecular flexibility index (Phi) is 2.61. The van der Waals surface area contributed by atoms with Crippen LogP contribution in [-0.4, -0.2) is 17.5 Å². The fourth-order valence-corrected chi connectivity index (χ4v) is 2.83. The molecule has 3 atom stereocenters. The highest BCUT2D eigenvalue weighted by molar-refractivity contribution is 4.96. The quantitative estimate of drug-likeness (QED) is 0.693. The van der Waals surface area contributed by atoms with E-state index in [-0.39, 0.29) is 11.4 Å². The third-order valence-electron chi connectivity index (χ3n) is 3.65. The molecule has 2 heteroatoms. The van der Waals surface area contributed by atoms with Gasteiger partial charge in [-0.15, -0.1) is 0 Å². The van der Waals surface area contributed by atoms with Crippen molar-refractivity contribution in [3.63, 3.8) is 0 Å². The van der Waals surface area contributed by atoms with Crippen LogP contribution in [-0.2, 0) is 9.47 Å². The van der Waals surface area contributed by atoms with E-state index in [9.17, 15) is 0 Å². The van der Waals surface area contributed by atoms with Gasteiger partial charge in [0.1, 0.15) is 0 Å². The highest BCUT2D eigenvalue weighted by Crippen LogP contribution is 2.47. The fraction of sp³-hybridized carbons (Fsp3) is 1.00. The summed E-state index contributed by atoms with van der Waals surface area (Å²) in [6, 6.07) is 0. The van der Waals surface area contributed by atoms with Crippen LogP contribution in [0.1, 0.15) is 59.3 Å². The van der Waals surface area contributed by atoms with Crippen LogP contribution in [0.15, 0.2) is 0 Å². The highest BCUT2D eigenvalue weighted by atomic mass is 16.8. The Hall–Kier alpha value is -0.0800. The Morgan fingerprint density at radius 3 is 2.79 bits per heavy atom. The van der Waals surface area contributed by atoms with Gasteiger partial charge in [0.05, 0.1) is 11.7 Å². The lowest BCUT2D eigenvalue weighted by Gasteiger charge is -2.27. The zero-order valence-electron chi connectivity index (χ0n) is 9.64. The molecule has 0 aromatic carbocycles. The lowest BCUT2D eigenvalue weighted by Crippen LogP contribution is -2.36. The summed E-state index contributed by atoms with van der Waals surface area (Å²) in [4.78, 5) is 0. The van der Waals surface area contributed by atoms with Gasteiger partial charge in [-0.25, -0.2) is 0 Å². The van der Waals surface area contributed by atoms with Crippen LogP contribution in [0.5, 0.6) is 0 Å². The molecule has 0 unspecified atom stereocenters. The molecule has 2 nitrogen and oxygen atoms in total. The van der Waals surface area contributed by atoms with E-state index in [4.69, 9.17) is 9.47 Å².